The van der Waals surface area contributed by atoms with Gasteiger partial charge in [-0.05, 0) is 37.1 Å². The first-order valence-corrected chi connectivity index (χ1v) is 8.74. The minimum Gasteiger partial charge on any atom is -0.351 e. The Bertz CT molecular complexity index is 1070. The van der Waals surface area contributed by atoms with Crippen LogP contribution in [0.15, 0.2) is 41.2 Å². The van der Waals surface area contributed by atoms with Crippen molar-refractivity contribution in [1.29, 1.82) is 0 Å². The summed E-state index contributed by atoms with van der Waals surface area (Å²) in [5.74, 6) is -1.49. The van der Waals surface area contributed by atoms with Crippen LogP contribution in [0, 0.1) is 6.92 Å². The van der Waals surface area contributed by atoms with Crippen LogP contribution >= 0.6 is 11.3 Å². The second-order valence-corrected chi connectivity index (χ2v) is 7.04. The molecule has 4 rings (SSSR count). The number of pyridine rings is 1. The zero-order valence-corrected chi connectivity index (χ0v) is 14.7. The second-order valence-electron chi connectivity index (χ2n) is 5.96. The number of aromatic nitrogens is 2. The maximum Gasteiger partial charge on any atom is 0.452 e. The summed E-state index contributed by atoms with van der Waals surface area (Å²) in [6, 6.07) is 4.92. The van der Waals surface area contributed by atoms with E-state index >= 15 is 0 Å². The first-order chi connectivity index (χ1) is 12.8. The highest BCUT2D eigenvalue weighted by atomic mass is 32.1. The van der Waals surface area contributed by atoms with Crippen molar-refractivity contribution in [3.8, 4) is 10.6 Å². The molecule has 0 aromatic carbocycles. The monoisotopic (exact) mass is 391 g/mol. The van der Waals surface area contributed by atoms with E-state index in [1.165, 1.54) is 6.92 Å². The highest BCUT2D eigenvalue weighted by Gasteiger charge is 2.39. The van der Waals surface area contributed by atoms with E-state index in [1.54, 1.807) is 24.5 Å². The van der Waals surface area contributed by atoms with E-state index < -0.39 is 11.9 Å². The molecular formula is C18H12F3N3O2S. The van der Waals surface area contributed by atoms with Crippen molar-refractivity contribution in [3.05, 3.63) is 58.4 Å². The highest BCUT2D eigenvalue weighted by molar-refractivity contribution is 7.17. The lowest BCUT2D eigenvalue weighted by molar-refractivity contribution is -0.156. The Morgan fingerprint density at radius 3 is 2.74 bits per heavy atom. The average Bonchev–Trinajstić information content (AvgIpc) is 3.20. The molecule has 5 nitrogen and oxygen atoms in total. The van der Waals surface area contributed by atoms with Gasteiger partial charge >= 0.3 is 6.18 Å². The number of nitrogens with zero attached hydrogens (tertiary/aromatic N) is 2. The lowest BCUT2D eigenvalue weighted by Crippen LogP contribution is -2.11. The average molecular weight is 391 g/mol. The maximum atomic E-state index is 12.9. The van der Waals surface area contributed by atoms with Gasteiger partial charge in [0.05, 0.1) is 21.6 Å². The van der Waals surface area contributed by atoms with Gasteiger partial charge < -0.3 is 9.84 Å². The van der Waals surface area contributed by atoms with E-state index in [-0.39, 0.29) is 17.2 Å². The van der Waals surface area contributed by atoms with Gasteiger partial charge in [0.2, 0.25) is 5.76 Å². The van der Waals surface area contributed by atoms with Crippen molar-refractivity contribution in [2.75, 3.05) is 5.32 Å². The van der Waals surface area contributed by atoms with Gasteiger partial charge in [0.1, 0.15) is 5.69 Å². The molecule has 1 aliphatic rings. The third kappa shape index (κ3) is 3.37. The predicted octanol–water partition coefficient (Wildman–Crippen LogP) is 5.16. The number of thiophene rings is 1. The maximum absolute atomic E-state index is 12.9. The van der Waals surface area contributed by atoms with E-state index in [4.69, 9.17) is 0 Å². The van der Waals surface area contributed by atoms with Crippen molar-refractivity contribution in [2.45, 2.75) is 19.5 Å². The van der Waals surface area contributed by atoms with Gasteiger partial charge in [0.25, 0.3) is 5.91 Å². The van der Waals surface area contributed by atoms with Crippen LogP contribution in [-0.4, -0.2) is 16.0 Å². The van der Waals surface area contributed by atoms with E-state index in [2.05, 4.69) is 20.0 Å². The molecule has 9 heteroatoms. The smallest absolute Gasteiger partial charge is 0.351 e. The number of carbonyl (C=O) groups is 1. The zero-order chi connectivity index (χ0) is 19.2. The van der Waals surface area contributed by atoms with Gasteiger partial charge in [-0.2, -0.15) is 13.2 Å². The molecule has 138 valence electrons. The van der Waals surface area contributed by atoms with Gasteiger partial charge in [-0.3, -0.25) is 9.78 Å². The third-order valence-corrected chi connectivity index (χ3v) is 5.16. The molecule has 3 heterocycles. The molecule has 0 radical (unpaired) electrons. The Hall–Kier alpha value is -2.94. The normalized spacial score (nSPS) is 13.4. The number of allylic oxidation sites excluding steroid dienone is 2. The summed E-state index contributed by atoms with van der Waals surface area (Å²) in [4.78, 5) is 17.3. The molecule has 3 aromatic rings. The molecule has 0 atom stereocenters. The lowest BCUT2D eigenvalue weighted by Gasteiger charge is -2.07. The molecule has 1 N–H and O–H groups in total. The molecule has 0 saturated carbocycles. The van der Waals surface area contributed by atoms with Gasteiger partial charge in [0, 0.05) is 17.3 Å². The van der Waals surface area contributed by atoms with Gasteiger partial charge in [0.15, 0.2) is 0 Å². The zero-order valence-electron chi connectivity index (χ0n) is 13.9. The first-order valence-electron chi connectivity index (χ1n) is 7.93. The van der Waals surface area contributed by atoms with E-state index in [1.807, 2.05) is 12.1 Å². The fourth-order valence-electron chi connectivity index (χ4n) is 2.65. The molecule has 0 spiro atoms. The molecule has 3 aromatic heterocycles. The number of anilines is 1. The largest absolute Gasteiger partial charge is 0.452 e. The highest BCUT2D eigenvalue weighted by Crippen LogP contribution is 2.39. The van der Waals surface area contributed by atoms with Crippen LogP contribution in [0.5, 0.6) is 0 Å². The van der Waals surface area contributed by atoms with Crippen molar-refractivity contribution < 1.29 is 22.5 Å². The SMILES string of the molecule is Cc1c(-c2ccc(C(=O)Nc3cnccc3C3=CC3)s2)noc1C(F)(F)F. The molecule has 0 bridgehead atoms. The van der Waals surface area contributed by atoms with Crippen LogP contribution in [-0.2, 0) is 6.18 Å². The molecular weight excluding hydrogens is 379 g/mol. The van der Waals surface area contributed by atoms with Crippen LogP contribution in [0.25, 0.3) is 16.1 Å². The van der Waals surface area contributed by atoms with Crippen molar-refractivity contribution in [1.82, 2.24) is 10.1 Å². The summed E-state index contributed by atoms with van der Waals surface area (Å²) in [5, 5.41) is 6.32. The van der Waals surface area contributed by atoms with Crippen LogP contribution < -0.4 is 5.32 Å². The molecule has 0 saturated heterocycles. The van der Waals surface area contributed by atoms with Crippen LogP contribution in [0.1, 0.15) is 33.0 Å². The summed E-state index contributed by atoms with van der Waals surface area (Å²) < 4.78 is 43.0. The standard InChI is InChI=1S/C18H12F3N3O2S/c1-9-15(24-26-16(9)18(19,20)21)13-4-5-14(27-13)17(25)23-12-8-22-7-6-11(12)10-2-3-10/h2,4-8H,3H2,1H3,(H,23,25). The topological polar surface area (TPSA) is 68.0 Å². The number of halogens is 3. The quantitative estimate of drug-likeness (QED) is 0.667. The molecule has 1 amide bonds. The molecule has 27 heavy (non-hydrogen) atoms. The van der Waals surface area contributed by atoms with Crippen molar-refractivity contribution in [2.24, 2.45) is 0 Å². The minimum absolute atomic E-state index is 0.0802. The lowest BCUT2D eigenvalue weighted by atomic mass is 10.2. The van der Waals surface area contributed by atoms with Crippen LogP contribution in [0.3, 0.4) is 0 Å². The summed E-state index contributed by atoms with van der Waals surface area (Å²) >= 11 is 1.04. The van der Waals surface area contributed by atoms with Crippen LogP contribution in [0.2, 0.25) is 0 Å². The van der Waals surface area contributed by atoms with Gasteiger partial charge in [-0.25, -0.2) is 0 Å². The molecule has 0 unspecified atom stereocenters. The number of carbonyl (C=O) groups excluding carboxylic acids is 1. The number of amides is 1. The fourth-order valence-corrected chi connectivity index (χ4v) is 3.59. The number of nitrogens with one attached hydrogen (secondary N) is 1. The minimum atomic E-state index is -4.61. The Morgan fingerprint density at radius 2 is 2.07 bits per heavy atom. The molecule has 1 aliphatic carbocycles. The number of hydrogen-bond acceptors (Lipinski definition) is 5. The summed E-state index contributed by atoms with van der Waals surface area (Å²) in [6.45, 7) is 1.29. The van der Waals surface area contributed by atoms with E-state index in [0.29, 0.717) is 15.4 Å². The van der Waals surface area contributed by atoms with Crippen molar-refractivity contribution >= 4 is 28.5 Å². The van der Waals surface area contributed by atoms with Crippen LogP contribution in [0.4, 0.5) is 18.9 Å². The third-order valence-electron chi connectivity index (χ3n) is 4.07. The molecule has 0 fully saturated rings. The summed E-state index contributed by atoms with van der Waals surface area (Å²) in [6.07, 6.45) is 1.53. The predicted molar refractivity (Wildman–Crippen MR) is 94.3 cm³/mol. The first kappa shape index (κ1) is 17.5. The second kappa shape index (κ2) is 6.34. The van der Waals surface area contributed by atoms with E-state index in [9.17, 15) is 18.0 Å². The van der Waals surface area contributed by atoms with Crippen molar-refractivity contribution in [3.63, 3.8) is 0 Å². The Balaban J connectivity index is 1.58. The number of alkyl halides is 3. The van der Waals surface area contributed by atoms with E-state index in [0.717, 1.165) is 28.9 Å². The Labute approximate surface area is 155 Å². The number of rotatable bonds is 4. The van der Waals surface area contributed by atoms with Gasteiger partial charge in [-0.1, -0.05) is 11.2 Å². The van der Waals surface area contributed by atoms with Gasteiger partial charge in [-0.15, -0.1) is 11.3 Å². The Morgan fingerprint density at radius 1 is 1.30 bits per heavy atom. The fraction of sp³-hybridized carbons (Fsp3) is 0.167. The summed E-state index contributed by atoms with van der Waals surface area (Å²) in [5.41, 5.74) is 2.62. The molecule has 0 aliphatic heterocycles. The number of hydrogen-bond donors (Lipinski definition) is 1. The summed E-state index contributed by atoms with van der Waals surface area (Å²) in [7, 11) is 0. The Kier molecular flexibility index (Phi) is 4.11.